The largest absolute Gasteiger partial charge is 0.289 e. The van der Waals surface area contributed by atoms with Gasteiger partial charge in [-0.15, -0.1) is 0 Å². The summed E-state index contributed by atoms with van der Waals surface area (Å²) < 4.78 is 0. The quantitative estimate of drug-likeness (QED) is 0.668. The van der Waals surface area contributed by atoms with Gasteiger partial charge in [0.2, 0.25) is 0 Å². The first-order valence-electron chi connectivity index (χ1n) is 6.49. The first-order chi connectivity index (χ1) is 9.08. The summed E-state index contributed by atoms with van der Waals surface area (Å²) in [5, 5.41) is 0. The molecule has 0 spiro atoms. The van der Waals surface area contributed by atoms with Crippen LogP contribution in [0.4, 0.5) is 0 Å². The summed E-state index contributed by atoms with van der Waals surface area (Å²) in [5.74, 6) is 0. The molecule has 0 fully saturated rings. The molecule has 2 radical (unpaired) electrons. The summed E-state index contributed by atoms with van der Waals surface area (Å²) >= 11 is 0. The Kier molecular flexibility index (Phi) is 4.21. The lowest BCUT2D eigenvalue weighted by Crippen LogP contribution is -1.90. The molecule has 1 aliphatic heterocycles. The maximum absolute atomic E-state index is 6.00. The number of benzene rings is 1. The number of aliphatic imine (C=N–C) groups is 1. The monoisotopic (exact) mass is 247 g/mol. The molecule has 1 aliphatic rings. The molecule has 0 saturated heterocycles. The fraction of sp³-hybridized carbons (Fsp3) is 0.235. The Bertz CT molecular complexity index is 603. The zero-order valence-electron chi connectivity index (χ0n) is 11.8. The number of hydrogen-bond donors (Lipinski definition) is 0. The molecule has 1 nitrogen and oxygen atoms in total. The molecule has 1 heterocycles. The van der Waals surface area contributed by atoms with Gasteiger partial charge in [0.15, 0.2) is 0 Å². The normalized spacial score (nSPS) is 25.6. The highest BCUT2D eigenvalue weighted by Gasteiger charge is 2.05. The summed E-state index contributed by atoms with van der Waals surface area (Å²) in [6.45, 7) is 6.94. The van der Waals surface area contributed by atoms with Crippen molar-refractivity contribution in [1.29, 1.82) is 0 Å². The summed E-state index contributed by atoms with van der Waals surface area (Å²) in [5.41, 5.74) is 6.72. The topological polar surface area (TPSA) is 12.4 Å². The summed E-state index contributed by atoms with van der Waals surface area (Å²) in [4.78, 5) is 4.34. The molecule has 0 N–H and O–H groups in total. The Labute approximate surface area is 116 Å². The lowest BCUT2D eigenvalue weighted by atomic mass is 9.89. The van der Waals surface area contributed by atoms with Crippen LogP contribution in [0.25, 0.3) is 5.57 Å². The van der Waals surface area contributed by atoms with Crippen molar-refractivity contribution in [2.75, 3.05) is 6.54 Å². The van der Waals surface area contributed by atoms with Crippen LogP contribution in [-0.4, -0.2) is 20.6 Å². The molecule has 1 aromatic rings. The molecule has 0 atom stereocenters. The second kappa shape index (κ2) is 5.88. The maximum atomic E-state index is 6.00. The van der Waals surface area contributed by atoms with Crippen molar-refractivity contribution in [3.8, 4) is 0 Å². The fourth-order valence-electron chi connectivity index (χ4n) is 2.11. The molecule has 0 saturated carbocycles. The second-order valence-electron chi connectivity index (χ2n) is 5.01. The van der Waals surface area contributed by atoms with Crippen LogP contribution in [0.3, 0.4) is 0 Å². The van der Waals surface area contributed by atoms with E-state index in [4.69, 9.17) is 7.85 Å². The molecule has 0 aliphatic carbocycles. The molecule has 0 amide bonds. The van der Waals surface area contributed by atoms with E-state index in [9.17, 15) is 0 Å². The van der Waals surface area contributed by atoms with E-state index in [2.05, 4.69) is 55.3 Å². The van der Waals surface area contributed by atoms with Gasteiger partial charge in [0, 0.05) is 6.21 Å². The Balaban J connectivity index is 2.58. The minimum absolute atomic E-state index is 0.692. The van der Waals surface area contributed by atoms with Crippen LogP contribution in [0.1, 0.15) is 25.0 Å². The maximum Gasteiger partial charge on any atom is 0.116 e. The molecule has 2 heteroatoms. The van der Waals surface area contributed by atoms with Gasteiger partial charge in [-0.05, 0) is 37.5 Å². The van der Waals surface area contributed by atoms with E-state index >= 15 is 0 Å². The Morgan fingerprint density at radius 3 is 2.53 bits per heavy atom. The van der Waals surface area contributed by atoms with E-state index in [0.29, 0.717) is 6.54 Å². The van der Waals surface area contributed by atoms with Gasteiger partial charge in [0.05, 0.1) is 6.54 Å². The Morgan fingerprint density at radius 2 is 1.79 bits per heavy atom. The molecule has 0 unspecified atom stereocenters. The summed E-state index contributed by atoms with van der Waals surface area (Å²) in [7, 11) is 6.00. The van der Waals surface area contributed by atoms with Gasteiger partial charge in [-0.3, -0.25) is 4.99 Å². The zero-order valence-corrected chi connectivity index (χ0v) is 11.8. The summed E-state index contributed by atoms with van der Waals surface area (Å²) in [6, 6.07) is 8.40. The van der Waals surface area contributed by atoms with Crippen LogP contribution in [-0.2, 0) is 0 Å². The first-order valence-corrected chi connectivity index (χ1v) is 6.49. The van der Waals surface area contributed by atoms with E-state index in [1.807, 2.05) is 6.92 Å². The lowest BCUT2D eigenvalue weighted by molar-refractivity contribution is 1.15. The van der Waals surface area contributed by atoms with E-state index in [-0.39, 0.29) is 0 Å². The number of nitrogens with zero attached hydrogens (tertiary/aromatic N) is 1. The third-order valence-electron chi connectivity index (χ3n) is 3.26. The average Bonchev–Trinajstić information content (AvgIpc) is 2.43. The van der Waals surface area contributed by atoms with Crippen molar-refractivity contribution in [1.82, 2.24) is 0 Å². The van der Waals surface area contributed by atoms with E-state index in [1.165, 1.54) is 22.3 Å². The zero-order chi connectivity index (χ0) is 13.8. The van der Waals surface area contributed by atoms with Gasteiger partial charge in [-0.2, -0.15) is 0 Å². The highest BCUT2D eigenvalue weighted by Crippen LogP contribution is 2.24. The van der Waals surface area contributed by atoms with Crippen molar-refractivity contribution in [3.63, 3.8) is 0 Å². The summed E-state index contributed by atoms with van der Waals surface area (Å²) in [6.07, 6.45) is 6.09. The van der Waals surface area contributed by atoms with Crippen LogP contribution < -0.4 is 0 Å². The molecule has 1 aromatic carbocycles. The van der Waals surface area contributed by atoms with Gasteiger partial charge in [-0.1, -0.05) is 53.0 Å². The third kappa shape index (κ3) is 3.34. The average molecular weight is 247 g/mol. The lowest BCUT2D eigenvalue weighted by Gasteiger charge is -2.09. The predicted octanol–water partition coefficient (Wildman–Crippen LogP) is 3.85. The molecule has 0 aromatic heterocycles. The molecule has 2 rings (SSSR count). The minimum atomic E-state index is 0.692. The van der Waals surface area contributed by atoms with E-state index < -0.39 is 0 Å². The number of rotatable bonds is 1. The van der Waals surface area contributed by atoms with Crippen LogP contribution in [0.2, 0.25) is 0 Å². The van der Waals surface area contributed by atoms with Gasteiger partial charge >= 0.3 is 0 Å². The van der Waals surface area contributed by atoms with Crippen LogP contribution >= 0.6 is 0 Å². The van der Waals surface area contributed by atoms with Crippen molar-refractivity contribution in [2.45, 2.75) is 20.8 Å². The standard InChI is InChI=1S/C17H18BN/c1-12-8-15(16-7-5-4-6-13(16)2)9-14(3)17(18)11-19-10-12/h4-9,11H,10H2,1-3H3/b12-8-,15-9+,17-14-,19-11?. The minimum Gasteiger partial charge on any atom is -0.289 e. The van der Waals surface area contributed by atoms with Gasteiger partial charge in [0.1, 0.15) is 7.85 Å². The van der Waals surface area contributed by atoms with Gasteiger partial charge in [-0.25, -0.2) is 0 Å². The van der Waals surface area contributed by atoms with Crippen molar-refractivity contribution in [2.24, 2.45) is 4.99 Å². The van der Waals surface area contributed by atoms with Crippen molar-refractivity contribution < 1.29 is 0 Å². The fourth-order valence-corrected chi connectivity index (χ4v) is 2.11. The Hall–Kier alpha value is -1.83. The Morgan fingerprint density at radius 1 is 1.05 bits per heavy atom. The SMILES string of the molecule is [B]\C1=C(C)/C=C(c2ccccc2C)\C=C(\C)CN=C1. The molecular weight excluding hydrogens is 229 g/mol. The predicted molar refractivity (Wildman–Crippen MR) is 84.7 cm³/mol. The van der Waals surface area contributed by atoms with Crippen LogP contribution in [0.15, 0.2) is 58.0 Å². The van der Waals surface area contributed by atoms with Crippen LogP contribution in [0, 0.1) is 6.92 Å². The number of allylic oxidation sites excluding steroid dienone is 5. The molecular formula is C17H18BN. The first kappa shape index (κ1) is 13.6. The van der Waals surface area contributed by atoms with Gasteiger partial charge < -0.3 is 0 Å². The number of hydrogen-bond acceptors (Lipinski definition) is 1. The van der Waals surface area contributed by atoms with E-state index in [1.54, 1.807) is 6.21 Å². The van der Waals surface area contributed by atoms with Crippen molar-refractivity contribution >= 4 is 19.6 Å². The second-order valence-corrected chi connectivity index (χ2v) is 5.01. The molecule has 94 valence electrons. The molecule has 19 heavy (non-hydrogen) atoms. The number of aryl methyl sites for hydroxylation is 1. The third-order valence-corrected chi connectivity index (χ3v) is 3.26. The highest BCUT2D eigenvalue weighted by molar-refractivity contribution is 6.33. The smallest absolute Gasteiger partial charge is 0.116 e. The highest BCUT2D eigenvalue weighted by atomic mass is 14.7. The van der Waals surface area contributed by atoms with Gasteiger partial charge in [0.25, 0.3) is 0 Å². The van der Waals surface area contributed by atoms with E-state index in [0.717, 1.165) is 11.0 Å². The van der Waals surface area contributed by atoms with Crippen LogP contribution in [0.5, 0.6) is 0 Å². The van der Waals surface area contributed by atoms with Crippen molar-refractivity contribution in [3.05, 3.63) is 64.2 Å². The molecule has 0 bridgehead atoms.